The van der Waals surface area contributed by atoms with Crippen LogP contribution in [-0.2, 0) is 11.2 Å². The highest BCUT2D eigenvalue weighted by molar-refractivity contribution is 5.94. The van der Waals surface area contributed by atoms with Crippen LogP contribution < -0.4 is 16.0 Å². The molecule has 7 heteroatoms. The van der Waals surface area contributed by atoms with Crippen molar-refractivity contribution in [2.45, 2.75) is 39.7 Å². The van der Waals surface area contributed by atoms with Crippen molar-refractivity contribution in [1.29, 1.82) is 0 Å². The molecule has 0 aliphatic carbocycles. The van der Waals surface area contributed by atoms with Crippen molar-refractivity contribution in [1.82, 2.24) is 20.9 Å². The monoisotopic (exact) mass is 375 g/mol. The summed E-state index contributed by atoms with van der Waals surface area (Å²) in [6, 6.07) is 7.80. The number of nitrogens with one attached hydrogen (secondary N) is 3. The van der Waals surface area contributed by atoms with Crippen molar-refractivity contribution in [3.05, 3.63) is 35.4 Å². The minimum Gasteiger partial charge on any atom is -0.357 e. The highest BCUT2D eigenvalue weighted by Crippen LogP contribution is 2.07. The van der Waals surface area contributed by atoms with Crippen LogP contribution >= 0.6 is 0 Å². The molecule has 7 nitrogen and oxygen atoms in total. The predicted octanol–water partition coefficient (Wildman–Crippen LogP) is 1.40. The van der Waals surface area contributed by atoms with E-state index in [9.17, 15) is 9.59 Å². The molecular weight excluding hydrogens is 342 g/mol. The van der Waals surface area contributed by atoms with Gasteiger partial charge in [0.15, 0.2) is 5.96 Å². The number of carbonyl (C=O) groups excluding carboxylic acids is 2. The summed E-state index contributed by atoms with van der Waals surface area (Å²) in [5.41, 5.74) is 1.77. The molecule has 0 saturated carbocycles. The zero-order valence-corrected chi connectivity index (χ0v) is 17.1. The normalized spacial score (nSPS) is 11.3. The number of hydrogen-bond donors (Lipinski definition) is 3. The lowest BCUT2D eigenvalue weighted by atomic mass is 10.1. The molecule has 2 amide bonds. The molecule has 3 N–H and O–H groups in total. The number of carbonyl (C=O) groups is 2. The maximum Gasteiger partial charge on any atom is 0.253 e. The SMILES string of the molecule is CCNC(=NCCC(=O)NC(C)C)NCCc1cccc(C(=O)N(C)C)c1. The summed E-state index contributed by atoms with van der Waals surface area (Å²) in [4.78, 5) is 29.7. The van der Waals surface area contributed by atoms with Gasteiger partial charge in [-0.05, 0) is 44.9 Å². The third kappa shape index (κ3) is 9.08. The Labute approximate surface area is 162 Å². The zero-order valence-electron chi connectivity index (χ0n) is 17.1. The largest absolute Gasteiger partial charge is 0.357 e. The van der Waals surface area contributed by atoms with Gasteiger partial charge in [0.05, 0.1) is 6.54 Å². The van der Waals surface area contributed by atoms with Crippen LogP contribution in [0.5, 0.6) is 0 Å². The Bertz CT molecular complexity index is 641. The minimum atomic E-state index is -0.000570. The van der Waals surface area contributed by atoms with Crippen LogP contribution in [0.1, 0.15) is 43.1 Å². The predicted molar refractivity (Wildman–Crippen MR) is 110 cm³/mol. The van der Waals surface area contributed by atoms with Gasteiger partial charge in [0, 0.05) is 45.2 Å². The number of nitrogens with zero attached hydrogens (tertiary/aromatic N) is 2. The van der Waals surface area contributed by atoms with E-state index in [1.807, 2.05) is 45.0 Å². The second-order valence-corrected chi connectivity index (χ2v) is 6.81. The average molecular weight is 376 g/mol. The number of hydrogen-bond acceptors (Lipinski definition) is 3. The number of guanidine groups is 1. The lowest BCUT2D eigenvalue weighted by Crippen LogP contribution is -2.38. The van der Waals surface area contributed by atoms with Gasteiger partial charge in [-0.3, -0.25) is 14.6 Å². The molecule has 0 fully saturated rings. The second kappa shape index (κ2) is 11.9. The highest BCUT2D eigenvalue weighted by Gasteiger charge is 2.08. The lowest BCUT2D eigenvalue weighted by Gasteiger charge is -2.13. The molecule has 0 heterocycles. The fourth-order valence-electron chi connectivity index (χ4n) is 2.45. The molecule has 0 aliphatic heterocycles. The van der Waals surface area contributed by atoms with Crippen molar-refractivity contribution in [3.8, 4) is 0 Å². The Balaban J connectivity index is 2.53. The van der Waals surface area contributed by atoms with Crippen LogP contribution in [0, 0.1) is 0 Å². The van der Waals surface area contributed by atoms with Crippen molar-refractivity contribution < 1.29 is 9.59 Å². The molecule has 0 bridgehead atoms. The van der Waals surface area contributed by atoms with Crippen LogP contribution in [-0.4, -0.2) is 62.4 Å². The Hall–Kier alpha value is -2.57. The second-order valence-electron chi connectivity index (χ2n) is 6.81. The average Bonchev–Trinajstić information content (AvgIpc) is 2.60. The fraction of sp³-hybridized carbons (Fsp3) is 0.550. The summed E-state index contributed by atoms with van der Waals surface area (Å²) in [7, 11) is 3.49. The molecule has 0 radical (unpaired) electrons. The first kappa shape index (κ1) is 22.5. The van der Waals surface area contributed by atoms with Crippen LogP contribution in [0.15, 0.2) is 29.3 Å². The highest BCUT2D eigenvalue weighted by atomic mass is 16.2. The van der Waals surface area contributed by atoms with Crippen LogP contribution in [0.3, 0.4) is 0 Å². The van der Waals surface area contributed by atoms with E-state index in [2.05, 4.69) is 20.9 Å². The molecule has 27 heavy (non-hydrogen) atoms. The van der Waals surface area contributed by atoms with Gasteiger partial charge in [0.25, 0.3) is 5.91 Å². The van der Waals surface area contributed by atoms with Gasteiger partial charge in [0.2, 0.25) is 5.91 Å². The third-order valence-corrected chi connectivity index (χ3v) is 3.69. The quantitative estimate of drug-likeness (QED) is 0.450. The Kier molecular flexibility index (Phi) is 9.93. The van der Waals surface area contributed by atoms with E-state index in [1.165, 1.54) is 0 Å². The number of rotatable bonds is 9. The van der Waals surface area contributed by atoms with Gasteiger partial charge < -0.3 is 20.9 Å². The van der Waals surface area contributed by atoms with E-state index in [4.69, 9.17) is 0 Å². The molecule has 0 atom stereocenters. The molecule has 1 aromatic rings. The molecule has 0 aliphatic rings. The molecule has 0 spiro atoms. The van der Waals surface area contributed by atoms with Gasteiger partial charge in [-0.1, -0.05) is 12.1 Å². The van der Waals surface area contributed by atoms with Gasteiger partial charge in [-0.2, -0.15) is 0 Å². The first-order valence-electron chi connectivity index (χ1n) is 9.45. The molecule has 150 valence electrons. The molecule has 0 aromatic heterocycles. The Morgan fingerprint density at radius 1 is 1.19 bits per heavy atom. The molecule has 0 unspecified atom stereocenters. The number of aliphatic imine (C=N–C) groups is 1. The van der Waals surface area contributed by atoms with Crippen molar-refractivity contribution in [2.75, 3.05) is 33.7 Å². The lowest BCUT2D eigenvalue weighted by molar-refractivity contribution is -0.121. The Morgan fingerprint density at radius 2 is 1.93 bits per heavy atom. The zero-order chi connectivity index (χ0) is 20.2. The van der Waals surface area contributed by atoms with Gasteiger partial charge in [-0.15, -0.1) is 0 Å². The first-order valence-corrected chi connectivity index (χ1v) is 9.45. The van der Waals surface area contributed by atoms with E-state index in [0.717, 1.165) is 18.5 Å². The first-order chi connectivity index (χ1) is 12.8. The van der Waals surface area contributed by atoms with Crippen molar-refractivity contribution in [2.24, 2.45) is 4.99 Å². The summed E-state index contributed by atoms with van der Waals surface area (Å²) in [5, 5.41) is 9.30. The standard InChI is InChI=1S/C20H33N5O2/c1-6-21-20(23-13-11-18(26)24-15(2)3)22-12-10-16-8-7-9-17(14-16)19(27)25(4)5/h7-9,14-15H,6,10-13H2,1-5H3,(H,24,26)(H2,21,22,23). The molecule has 0 saturated heterocycles. The van der Waals surface area contributed by atoms with E-state index in [-0.39, 0.29) is 17.9 Å². The summed E-state index contributed by atoms with van der Waals surface area (Å²) in [6.45, 7) is 7.74. The number of benzene rings is 1. The van der Waals surface area contributed by atoms with Crippen LogP contribution in [0.2, 0.25) is 0 Å². The van der Waals surface area contributed by atoms with Crippen molar-refractivity contribution in [3.63, 3.8) is 0 Å². The smallest absolute Gasteiger partial charge is 0.253 e. The summed E-state index contributed by atoms with van der Waals surface area (Å²) in [5.74, 6) is 0.696. The molecule has 1 rings (SSSR count). The van der Waals surface area contributed by atoms with Gasteiger partial charge >= 0.3 is 0 Å². The Morgan fingerprint density at radius 3 is 2.56 bits per heavy atom. The van der Waals surface area contributed by atoms with Crippen molar-refractivity contribution >= 4 is 17.8 Å². The molecule has 1 aromatic carbocycles. The maximum atomic E-state index is 12.1. The van der Waals surface area contributed by atoms with E-state index < -0.39 is 0 Å². The van der Waals surface area contributed by atoms with E-state index in [0.29, 0.717) is 31.0 Å². The number of amides is 2. The topological polar surface area (TPSA) is 85.8 Å². The maximum absolute atomic E-state index is 12.1. The van der Waals surface area contributed by atoms with Crippen LogP contribution in [0.4, 0.5) is 0 Å². The van der Waals surface area contributed by atoms with Crippen LogP contribution in [0.25, 0.3) is 0 Å². The van der Waals surface area contributed by atoms with E-state index in [1.54, 1.807) is 19.0 Å². The summed E-state index contributed by atoms with van der Waals surface area (Å²) >= 11 is 0. The van der Waals surface area contributed by atoms with E-state index >= 15 is 0 Å². The third-order valence-electron chi connectivity index (χ3n) is 3.69. The molecular formula is C20H33N5O2. The fourth-order valence-corrected chi connectivity index (χ4v) is 2.45. The summed E-state index contributed by atoms with van der Waals surface area (Å²) in [6.07, 6.45) is 1.14. The minimum absolute atomic E-state index is 0.000570. The van der Waals surface area contributed by atoms with Gasteiger partial charge in [-0.25, -0.2) is 0 Å². The van der Waals surface area contributed by atoms with Gasteiger partial charge in [0.1, 0.15) is 0 Å². The summed E-state index contributed by atoms with van der Waals surface area (Å²) < 4.78 is 0.